The Kier molecular flexibility index (Phi) is 4.32. The van der Waals surface area contributed by atoms with E-state index in [1.54, 1.807) is 0 Å². The molecule has 1 aliphatic heterocycles. The third-order valence-corrected chi connectivity index (χ3v) is 5.38. The zero-order chi connectivity index (χ0) is 17.2. The summed E-state index contributed by atoms with van der Waals surface area (Å²) in [4.78, 5) is 11.8. The minimum Gasteiger partial charge on any atom is -0.329 e. The second-order valence-electron chi connectivity index (χ2n) is 6.12. The van der Waals surface area contributed by atoms with Gasteiger partial charge >= 0.3 is 0 Å². The van der Waals surface area contributed by atoms with Crippen LogP contribution in [-0.2, 0) is 11.5 Å². The number of para-hydroxylation sites is 2. The van der Waals surface area contributed by atoms with Gasteiger partial charge in [-0.25, -0.2) is 4.98 Å². The van der Waals surface area contributed by atoms with Crippen LogP contribution in [0.15, 0.2) is 54.6 Å². The fourth-order valence-corrected chi connectivity index (χ4v) is 4.01. The number of thioether (sulfide) groups is 1. The maximum Gasteiger partial charge on any atom is 0.229 e. The van der Waals surface area contributed by atoms with E-state index in [2.05, 4.69) is 60.6 Å². The van der Waals surface area contributed by atoms with Gasteiger partial charge in [0.15, 0.2) is 0 Å². The number of nitrogens with zero attached hydrogens (tertiary/aromatic N) is 3. The number of hydrogen-bond acceptors (Lipinski definition) is 5. The Morgan fingerprint density at radius 3 is 2.52 bits per heavy atom. The number of nitrogens with one attached hydrogen (secondary N) is 1. The van der Waals surface area contributed by atoms with Crippen molar-refractivity contribution in [3.8, 4) is 0 Å². The van der Waals surface area contributed by atoms with E-state index in [1.807, 2.05) is 30.0 Å². The van der Waals surface area contributed by atoms with E-state index in [4.69, 9.17) is 9.97 Å². The molecule has 0 atom stereocenters. The van der Waals surface area contributed by atoms with Crippen molar-refractivity contribution >= 4 is 34.9 Å². The van der Waals surface area contributed by atoms with Gasteiger partial charge in [-0.05, 0) is 30.7 Å². The van der Waals surface area contributed by atoms with Crippen molar-refractivity contribution in [3.05, 3.63) is 71.4 Å². The van der Waals surface area contributed by atoms with Gasteiger partial charge in [-0.2, -0.15) is 16.7 Å². The zero-order valence-electron chi connectivity index (χ0n) is 14.4. The molecular weight excluding hydrogens is 328 g/mol. The number of aromatic nitrogens is 2. The summed E-state index contributed by atoms with van der Waals surface area (Å²) in [6.45, 7) is 2.09. The molecule has 4 rings (SSSR count). The Bertz CT molecular complexity index is 895. The first kappa shape index (κ1) is 16.0. The van der Waals surface area contributed by atoms with Gasteiger partial charge in [0.1, 0.15) is 5.82 Å². The minimum atomic E-state index is 0.660. The smallest absolute Gasteiger partial charge is 0.229 e. The van der Waals surface area contributed by atoms with Gasteiger partial charge < -0.3 is 10.2 Å². The predicted molar refractivity (Wildman–Crippen MR) is 106 cm³/mol. The fourth-order valence-electron chi connectivity index (χ4n) is 2.98. The molecule has 126 valence electrons. The molecular formula is C20H20N4S. The summed E-state index contributed by atoms with van der Waals surface area (Å²) in [7, 11) is 2.07. The van der Waals surface area contributed by atoms with Gasteiger partial charge in [-0.15, -0.1) is 0 Å². The molecule has 5 heteroatoms. The Morgan fingerprint density at radius 2 is 1.72 bits per heavy atom. The molecule has 1 N–H and O–H groups in total. The summed E-state index contributed by atoms with van der Waals surface area (Å²) in [5.74, 6) is 3.55. The van der Waals surface area contributed by atoms with E-state index < -0.39 is 0 Å². The molecule has 1 aliphatic rings. The molecule has 3 aromatic rings. The summed E-state index contributed by atoms with van der Waals surface area (Å²) in [5.41, 5.74) is 5.73. The molecule has 0 bridgehead atoms. The number of hydrogen-bond donors (Lipinski definition) is 1. The monoisotopic (exact) mass is 348 g/mol. The SMILES string of the molecule is Cc1ccccc1Nc1nc2c(c(N(C)c3ccccc3)n1)CSC2. The first-order chi connectivity index (χ1) is 12.2. The highest BCUT2D eigenvalue weighted by atomic mass is 32.2. The number of fused-ring (bicyclic) bond motifs is 1. The lowest BCUT2D eigenvalue weighted by molar-refractivity contribution is 1.02. The highest BCUT2D eigenvalue weighted by Gasteiger charge is 2.22. The van der Waals surface area contributed by atoms with E-state index in [0.29, 0.717) is 5.95 Å². The molecule has 0 fully saturated rings. The molecule has 0 spiro atoms. The number of rotatable bonds is 4. The van der Waals surface area contributed by atoms with Gasteiger partial charge in [0, 0.05) is 35.5 Å². The van der Waals surface area contributed by atoms with Crippen LogP contribution in [0.5, 0.6) is 0 Å². The fraction of sp³-hybridized carbons (Fsp3) is 0.200. The van der Waals surface area contributed by atoms with Crippen LogP contribution in [0, 0.1) is 6.92 Å². The summed E-state index contributed by atoms with van der Waals surface area (Å²) in [6, 6.07) is 18.5. The molecule has 2 heterocycles. The molecule has 0 saturated carbocycles. The predicted octanol–water partition coefficient (Wildman–Crippen LogP) is 5.04. The zero-order valence-corrected chi connectivity index (χ0v) is 15.2. The van der Waals surface area contributed by atoms with Crippen LogP contribution in [0.2, 0.25) is 0 Å². The lowest BCUT2D eigenvalue weighted by Crippen LogP contribution is -2.15. The molecule has 4 nitrogen and oxygen atoms in total. The molecule has 0 radical (unpaired) electrons. The summed E-state index contributed by atoms with van der Waals surface area (Å²) >= 11 is 1.89. The highest BCUT2D eigenvalue weighted by Crippen LogP contribution is 2.37. The maximum absolute atomic E-state index is 4.85. The lowest BCUT2D eigenvalue weighted by Gasteiger charge is -2.22. The normalized spacial score (nSPS) is 12.7. The third-order valence-electron chi connectivity index (χ3n) is 4.41. The summed E-state index contributed by atoms with van der Waals surface area (Å²) < 4.78 is 0. The van der Waals surface area contributed by atoms with E-state index in [0.717, 1.165) is 34.4 Å². The van der Waals surface area contributed by atoms with Crippen molar-refractivity contribution in [1.29, 1.82) is 0 Å². The van der Waals surface area contributed by atoms with E-state index >= 15 is 0 Å². The van der Waals surface area contributed by atoms with E-state index in [9.17, 15) is 0 Å². The number of aryl methyl sites for hydroxylation is 1. The molecule has 0 unspecified atom stereocenters. The van der Waals surface area contributed by atoms with E-state index in [-0.39, 0.29) is 0 Å². The van der Waals surface area contributed by atoms with Gasteiger partial charge in [0.2, 0.25) is 5.95 Å². The molecule has 2 aromatic carbocycles. The highest BCUT2D eigenvalue weighted by molar-refractivity contribution is 7.98. The van der Waals surface area contributed by atoms with Crippen molar-refractivity contribution in [2.45, 2.75) is 18.4 Å². The van der Waals surface area contributed by atoms with Crippen LogP contribution in [0.3, 0.4) is 0 Å². The van der Waals surface area contributed by atoms with Crippen LogP contribution in [0.4, 0.5) is 23.1 Å². The Morgan fingerprint density at radius 1 is 0.960 bits per heavy atom. The Labute approximate surface area is 152 Å². The lowest BCUT2D eigenvalue weighted by atomic mass is 10.2. The summed E-state index contributed by atoms with van der Waals surface area (Å²) in [6.07, 6.45) is 0. The van der Waals surface area contributed by atoms with Crippen LogP contribution in [0.25, 0.3) is 0 Å². The maximum atomic E-state index is 4.85. The molecule has 1 aromatic heterocycles. The van der Waals surface area contributed by atoms with Crippen molar-refractivity contribution in [2.24, 2.45) is 0 Å². The van der Waals surface area contributed by atoms with Crippen LogP contribution in [0.1, 0.15) is 16.8 Å². The molecule has 25 heavy (non-hydrogen) atoms. The first-order valence-electron chi connectivity index (χ1n) is 8.31. The third kappa shape index (κ3) is 3.20. The largest absolute Gasteiger partial charge is 0.329 e. The van der Waals surface area contributed by atoms with Gasteiger partial charge in [-0.1, -0.05) is 36.4 Å². The first-order valence-corrected chi connectivity index (χ1v) is 9.47. The van der Waals surface area contributed by atoms with Gasteiger partial charge in [-0.3, -0.25) is 0 Å². The van der Waals surface area contributed by atoms with Crippen molar-refractivity contribution in [1.82, 2.24) is 9.97 Å². The van der Waals surface area contributed by atoms with Crippen LogP contribution >= 0.6 is 11.8 Å². The average Bonchev–Trinajstić information content (AvgIpc) is 3.12. The number of anilines is 4. The average molecular weight is 348 g/mol. The minimum absolute atomic E-state index is 0.660. The Balaban J connectivity index is 1.74. The second kappa shape index (κ2) is 6.76. The van der Waals surface area contributed by atoms with Crippen molar-refractivity contribution < 1.29 is 0 Å². The molecule has 0 amide bonds. The van der Waals surface area contributed by atoms with Gasteiger partial charge in [0.05, 0.1) is 5.69 Å². The van der Waals surface area contributed by atoms with Crippen LogP contribution < -0.4 is 10.2 Å². The quantitative estimate of drug-likeness (QED) is 0.715. The van der Waals surface area contributed by atoms with E-state index in [1.165, 1.54) is 11.1 Å². The van der Waals surface area contributed by atoms with Gasteiger partial charge in [0.25, 0.3) is 0 Å². The standard InChI is InChI=1S/C20H20N4S/c1-14-8-6-7-11-17(14)21-20-22-18-13-25-12-16(18)19(23-20)24(2)15-9-4-3-5-10-15/h3-11H,12-13H2,1-2H3,(H,21,22,23). The summed E-state index contributed by atoms with van der Waals surface area (Å²) in [5, 5.41) is 3.39. The van der Waals surface area contributed by atoms with Crippen LogP contribution in [-0.4, -0.2) is 17.0 Å². The second-order valence-corrected chi connectivity index (χ2v) is 7.11. The number of benzene rings is 2. The van der Waals surface area contributed by atoms with Crippen molar-refractivity contribution in [2.75, 3.05) is 17.3 Å². The topological polar surface area (TPSA) is 41.1 Å². The molecule has 0 aliphatic carbocycles. The molecule has 0 saturated heterocycles. The van der Waals surface area contributed by atoms with Crippen molar-refractivity contribution in [3.63, 3.8) is 0 Å². The Hall–Kier alpha value is -2.53.